The molecule has 0 spiro atoms. The number of hydrogen-bond donors (Lipinski definition) is 1. The van der Waals surface area contributed by atoms with Crippen molar-refractivity contribution in [3.8, 4) is 0 Å². The Morgan fingerprint density at radius 1 is 0.966 bits per heavy atom. The van der Waals surface area contributed by atoms with Crippen LogP contribution in [-0.2, 0) is 19.1 Å². The molecule has 29 heavy (non-hydrogen) atoms. The molecule has 0 unspecified atom stereocenters. The second-order valence-corrected chi connectivity index (χ2v) is 10.7. The van der Waals surface area contributed by atoms with Gasteiger partial charge in [0.25, 0.3) is 0 Å². The van der Waals surface area contributed by atoms with Crippen LogP contribution in [0, 0.1) is 28.6 Å². The zero-order chi connectivity index (χ0) is 21.2. The molecule has 3 saturated carbocycles. The predicted molar refractivity (Wildman–Crippen MR) is 109 cm³/mol. The Labute approximate surface area is 174 Å². The molecule has 0 aromatic rings. The summed E-state index contributed by atoms with van der Waals surface area (Å²) in [5.74, 6) is 0.495. The van der Waals surface area contributed by atoms with Crippen LogP contribution in [0.3, 0.4) is 0 Å². The first-order chi connectivity index (χ1) is 13.5. The summed E-state index contributed by atoms with van der Waals surface area (Å²) in [7, 11) is 0. The van der Waals surface area contributed by atoms with Crippen LogP contribution in [0.25, 0.3) is 0 Å². The monoisotopic (exact) mass is 404 g/mol. The summed E-state index contributed by atoms with van der Waals surface area (Å²) in [4.78, 5) is 23.1. The van der Waals surface area contributed by atoms with E-state index in [9.17, 15) is 14.7 Å². The number of rotatable bonds is 2. The first kappa shape index (κ1) is 20.9. The van der Waals surface area contributed by atoms with E-state index in [1.807, 2.05) is 6.92 Å². The minimum atomic E-state index is -0.894. The van der Waals surface area contributed by atoms with Crippen LogP contribution in [0.15, 0.2) is 11.6 Å². The van der Waals surface area contributed by atoms with E-state index in [1.165, 1.54) is 19.4 Å². The van der Waals surface area contributed by atoms with Crippen molar-refractivity contribution in [2.24, 2.45) is 28.6 Å². The Kier molecular flexibility index (Phi) is 4.92. The average molecular weight is 405 g/mol. The molecule has 0 heterocycles. The van der Waals surface area contributed by atoms with Crippen molar-refractivity contribution in [3.63, 3.8) is 0 Å². The van der Waals surface area contributed by atoms with Crippen molar-refractivity contribution < 1.29 is 24.2 Å². The highest BCUT2D eigenvalue weighted by Crippen LogP contribution is 2.67. The standard InChI is InChI=1S/C24H36O5/c1-14(25)28-17-8-10-22(3)16(12-17)13-24(5,27)21-18-6-7-20(29-15(2)26)23(18,4)11-9-19(21)22/h13,17-21,27H,6-12H2,1-5H3/t17-,18-,19-,20-,21-,22-,23-,24-/m0/s1. The lowest BCUT2D eigenvalue weighted by molar-refractivity contribution is -0.166. The zero-order valence-corrected chi connectivity index (χ0v) is 18.5. The first-order valence-corrected chi connectivity index (χ1v) is 11.3. The molecule has 4 rings (SSSR count). The molecule has 0 bridgehead atoms. The van der Waals surface area contributed by atoms with Crippen LogP contribution in [0.5, 0.6) is 0 Å². The predicted octanol–water partition coefficient (Wildman–Crippen LogP) is 4.17. The zero-order valence-electron chi connectivity index (χ0n) is 18.5. The number of carbonyl (C=O) groups is 2. The maximum absolute atomic E-state index is 11.7. The van der Waals surface area contributed by atoms with Crippen molar-refractivity contribution in [3.05, 3.63) is 11.6 Å². The molecule has 5 nitrogen and oxygen atoms in total. The SMILES string of the molecule is CC(=O)O[C@H]1CC[C@@]2(C)C(=C[C@](C)(O)[C@H]3[C@@H]4CC[C@H](OC(C)=O)[C@@]4(C)CC[C@@H]32)C1. The van der Waals surface area contributed by atoms with E-state index in [0.717, 1.165) is 44.9 Å². The molecule has 0 aromatic carbocycles. The van der Waals surface area contributed by atoms with E-state index < -0.39 is 5.60 Å². The summed E-state index contributed by atoms with van der Waals surface area (Å²) in [5, 5.41) is 11.6. The normalized spacial score (nSPS) is 48.6. The number of esters is 2. The molecule has 4 aliphatic rings. The smallest absolute Gasteiger partial charge is 0.302 e. The van der Waals surface area contributed by atoms with Gasteiger partial charge < -0.3 is 14.6 Å². The first-order valence-electron chi connectivity index (χ1n) is 11.3. The molecule has 162 valence electrons. The summed E-state index contributed by atoms with van der Waals surface area (Å²) < 4.78 is 11.2. The van der Waals surface area contributed by atoms with Gasteiger partial charge >= 0.3 is 11.9 Å². The van der Waals surface area contributed by atoms with Crippen LogP contribution in [0.1, 0.15) is 79.6 Å². The van der Waals surface area contributed by atoms with Gasteiger partial charge in [0.1, 0.15) is 12.2 Å². The van der Waals surface area contributed by atoms with E-state index in [1.54, 1.807) is 0 Å². The Bertz CT molecular complexity index is 740. The summed E-state index contributed by atoms with van der Waals surface area (Å²) >= 11 is 0. The fraction of sp³-hybridized carbons (Fsp3) is 0.833. The number of fused-ring (bicyclic) bond motifs is 5. The van der Waals surface area contributed by atoms with Gasteiger partial charge in [-0.15, -0.1) is 0 Å². The molecule has 4 aliphatic carbocycles. The van der Waals surface area contributed by atoms with E-state index in [0.29, 0.717) is 11.8 Å². The summed E-state index contributed by atoms with van der Waals surface area (Å²) in [6, 6.07) is 0. The Balaban J connectivity index is 1.66. The lowest BCUT2D eigenvalue weighted by Gasteiger charge is -2.61. The molecule has 8 atom stereocenters. The van der Waals surface area contributed by atoms with Gasteiger partial charge in [0, 0.05) is 25.7 Å². The molecule has 0 aromatic heterocycles. The number of carbonyl (C=O) groups excluding carboxylic acids is 2. The largest absolute Gasteiger partial charge is 0.462 e. The van der Waals surface area contributed by atoms with Crippen molar-refractivity contribution >= 4 is 11.9 Å². The van der Waals surface area contributed by atoms with Gasteiger partial charge in [0.2, 0.25) is 0 Å². The van der Waals surface area contributed by atoms with Gasteiger partial charge in [0.15, 0.2) is 0 Å². The van der Waals surface area contributed by atoms with Crippen molar-refractivity contribution in [1.29, 1.82) is 0 Å². The minimum Gasteiger partial charge on any atom is -0.462 e. The molecule has 3 fully saturated rings. The summed E-state index contributed by atoms with van der Waals surface area (Å²) in [6.45, 7) is 9.55. The van der Waals surface area contributed by atoms with Gasteiger partial charge in [0.05, 0.1) is 5.60 Å². The molecular weight excluding hydrogens is 368 g/mol. The molecule has 0 radical (unpaired) electrons. The molecule has 1 N–H and O–H groups in total. The quantitative estimate of drug-likeness (QED) is 0.552. The van der Waals surface area contributed by atoms with Crippen molar-refractivity contribution in [2.75, 3.05) is 0 Å². The van der Waals surface area contributed by atoms with Crippen molar-refractivity contribution in [2.45, 2.75) is 97.4 Å². The highest BCUT2D eigenvalue weighted by atomic mass is 16.5. The Morgan fingerprint density at radius 3 is 2.31 bits per heavy atom. The minimum absolute atomic E-state index is 0.0420. The van der Waals surface area contributed by atoms with E-state index >= 15 is 0 Å². The summed E-state index contributed by atoms with van der Waals surface area (Å²) in [6.07, 6.45) is 8.54. The van der Waals surface area contributed by atoms with Gasteiger partial charge in [-0.05, 0) is 68.6 Å². The van der Waals surface area contributed by atoms with Crippen LogP contribution in [0.2, 0.25) is 0 Å². The van der Waals surface area contributed by atoms with Crippen molar-refractivity contribution in [1.82, 2.24) is 0 Å². The molecule has 5 heteroatoms. The fourth-order valence-corrected chi connectivity index (χ4v) is 7.65. The number of hydrogen-bond acceptors (Lipinski definition) is 5. The van der Waals surface area contributed by atoms with Gasteiger partial charge in [-0.1, -0.05) is 25.5 Å². The highest BCUT2D eigenvalue weighted by Gasteiger charge is 2.64. The molecular formula is C24H36O5. The van der Waals surface area contributed by atoms with Gasteiger partial charge in [-0.3, -0.25) is 9.59 Å². The number of ether oxygens (including phenoxy) is 2. The molecule has 0 amide bonds. The second kappa shape index (κ2) is 6.83. The van der Waals surface area contributed by atoms with E-state index in [-0.39, 0.29) is 40.9 Å². The van der Waals surface area contributed by atoms with Crippen LogP contribution >= 0.6 is 0 Å². The molecule has 0 aliphatic heterocycles. The van der Waals surface area contributed by atoms with Crippen LogP contribution in [0.4, 0.5) is 0 Å². The topological polar surface area (TPSA) is 72.8 Å². The second-order valence-electron chi connectivity index (χ2n) is 10.7. The van der Waals surface area contributed by atoms with Crippen LogP contribution < -0.4 is 0 Å². The lowest BCUT2D eigenvalue weighted by atomic mass is 9.45. The molecule has 0 saturated heterocycles. The Hall–Kier alpha value is -1.36. The van der Waals surface area contributed by atoms with Gasteiger partial charge in [-0.25, -0.2) is 0 Å². The van der Waals surface area contributed by atoms with Crippen LogP contribution in [-0.4, -0.2) is 34.9 Å². The maximum Gasteiger partial charge on any atom is 0.302 e. The number of aliphatic hydroxyl groups is 1. The third kappa shape index (κ3) is 3.24. The van der Waals surface area contributed by atoms with Gasteiger partial charge in [-0.2, -0.15) is 0 Å². The fourth-order valence-electron chi connectivity index (χ4n) is 7.65. The third-order valence-electron chi connectivity index (χ3n) is 8.95. The summed E-state index contributed by atoms with van der Waals surface area (Å²) in [5.41, 5.74) is 0.354. The third-order valence-corrected chi connectivity index (χ3v) is 8.95. The highest BCUT2D eigenvalue weighted by molar-refractivity contribution is 5.66. The Morgan fingerprint density at radius 2 is 1.66 bits per heavy atom. The lowest BCUT2D eigenvalue weighted by Crippen LogP contribution is -2.59. The maximum atomic E-state index is 11.7. The average Bonchev–Trinajstić information content (AvgIpc) is 2.91. The van der Waals surface area contributed by atoms with E-state index in [4.69, 9.17) is 9.47 Å². The van der Waals surface area contributed by atoms with E-state index in [2.05, 4.69) is 19.9 Å².